The van der Waals surface area contributed by atoms with E-state index in [4.69, 9.17) is 10.5 Å². The molecule has 1 aliphatic rings. The standard InChI is InChI=1S/C12H24N2O2/c1-11(2,3)16-10(15)14-9-12(8-13)6-4-5-7-12/h4-9,13H2,1-3H3,(H,14,15). The Morgan fingerprint density at radius 3 is 2.38 bits per heavy atom. The van der Waals surface area contributed by atoms with Crippen LogP contribution in [0.2, 0.25) is 0 Å². The molecule has 1 amide bonds. The van der Waals surface area contributed by atoms with Crippen LogP contribution in [0.5, 0.6) is 0 Å². The zero-order valence-electron chi connectivity index (χ0n) is 10.6. The minimum atomic E-state index is -0.435. The second-order valence-corrected chi connectivity index (χ2v) is 5.77. The first-order valence-corrected chi connectivity index (χ1v) is 6.04. The SMILES string of the molecule is CC(C)(C)OC(=O)NCC1(CN)CCCC1. The van der Waals surface area contributed by atoms with Gasteiger partial charge in [0.2, 0.25) is 0 Å². The van der Waals surface area contributed by atoms with Crippen molar-refractivity contribution in [1.29, 1.82) is 0 Å². The highest BCUT2D eigenvalue weighted by Crippen LogP contribution is 2.36. The Hall–Kier alpha value is -0.770. The predicted octanol–water partition coefficient (Wildman–Crippen LogP) is 2.03. The highest BCUT2D eigenvalue weighted by molar-refractivity contribution is 5.67. The van der Waals surface area contributed by atoms with Crippen LogP contribution in [0.3, 0.4) is 0 Å². The normalized spacial score (nSPS) is 19.5. The van der Waals surface area contributed by atoms with E-state index in [1.165, 1.54) is 12.8 Å². The fraction of sp³-hybridized carbons (Fsp3) is 0.917. The zero-order valence-corrected chi connectivity index (χ0v) is 10.6. The fourth-order valence-electron chi connectivity index (χ4n) is 2.15. The van der Waals surface area contributed by atoms with E-state index >= 15 is 0 Å². The van der Waals surface area contributed by atoms with E-state index in [0.717, 1.165) is 12.8 Å². The molecule has 0 spiro atoms. The highest BCUT2D eigenvalue weighted by atomic mass is 16.6. The van der Waals surface area contributed by atoms with Crippen molar-refractivity contribution in [2.75, 3.05) is 13.1 Å². The van der Waals surface area contributed by atoms with Crippen molar-refractivity contribution >= 4 is 6.09 Å². The molecule has 0 atom stereocenters. The Kier molecular flexibility index (Phi) is 4.19. The maximum Gasteiger partial charge on any atom is 0.407 e. The number of carbonyl (C=O) groups excluding carboxylic acids is 1. The van der Waals surface area contributed by atoms with Gasteiger partial charge in [-0.25, -0.2) is 4.79 Å². The molecule has 0 aromatic carbocycles. The third-order valence-corrected chi connectivity index (χ3v) is 3.10. The molecule has 4 heteroatoms. The average Bonchev–Trinajstić information content (AvgIpc) is 2.61. The van der Waals surface area contributed by atoms with Crippen molar-refractivity contribution < 1.29 is 9.53 Å². The topological polar surface area (TPSA) is 64.3 Å². The van der Waals surface area contributed by atoms with Gasteiger partial charge < -0.3 is 15.8 Å². The van der Waals surface area contributed by atoms with Crippen LogP contribution in [-0.2, 0) is 4.74 Å². The third-order valence-electron chi connectivity index (χ3n) is 3.10. The van der Waals surface area contributed by atoms with E-state index in [1.807, 2.05) is 20.8 Å². The Labute approximate surface area is 97.9 Å². The number of alkyl carbamates (subject to hydrolysis) is 1. The van der Waals surface area contributed by atoms with Crippen LogP contribution in [0.25, 0.3) is 0 Å². The third kappa shape index (κ3) is 4.00. The van der Waals surface area contributed by atoms with E-state index in [0.29, 0.717) is 13.1 Å². The molecule has 3 N–H and O–H groups in total. The van der Waals surface area contributed by atoms with E-state index < -0.39 is 5.60 Å². The number of hydrogen-bond acceptors (Lipinski definition) is 3. The smallest absolute Gasteiger partial charge is 0.407 e. The molecule has 16 heavy (non-hydrogen) atoms. The molecule has 1 fully saturated rings. The number of ether oxygens (including phenoxy) is 1. The van der Waals surface area contributed by atoms with Gasteiger partial charge in [0.1, 0.15) is 5.60 Å². The number of amides is 1. The minimum absolute atomic E-state index is 0.108. The molecule has 1 aliphatic carbocycles. The maximum absolute atomic E-state index is 11.5. The van der Waals surface area contributed by atoms with Gasteiger partial charge in [0.05, 0.1) is 0 Å². The summed E-state index contributed by atoms with van der Waals surface area (Å²) in [6.45, 7) is 6.86. The first-order valence-electron chi connectivity index (χ1n) is 6.04. The summed E-state index contributed by atoms with van der Waals surface area (Å²) in [6, 6.07) is 0. The summed E-state index contributed by atoms with van der Waals surface area (Å²) in [5.41, 5.74) is 5.46. The molecule has 94 valence electrons. The molecular formula is C12H24N2O2. The number of nitrogens with two attached hydrogens (primary N) is 1. The number of nitrogens with one attached hydrogen (secondary N) is 1. The lowest BCUT2D eigenvalue weighted by atomic mass is 9.86. The summed E-state index contributed by atoms with van der Waals surface area (Å²) in [6.07, 6.45) is 4.31. The van der Waals surface area contributed by atoms with Crippen molar-refractivity contribution in [3.05, 3.63) is 0 Å². The van der Waals surface area contributed by atoms with Crippen molar-refractivity contribution in [3.63, 3.8) is 0 Å². The summed E-state index contributed by atoms with van der Waals surface area (Å²) in [7, 11) is 0. The van der Waals surface area contributed by atoms with Gasteiger partial charge in [0, 0.05) is 12.0 Å². The first-order chi connectivity index (χ1) is 7.37. The quantitative estimate of drug-likeness (QED) is 0.777. The summed E-state index contributed by atoms with van der Waals surface area (Å²) < 4.78 is 5.20. The average molecular weight is 228 g/mol. The van der Waals surface area contributed by atoms with Crippen molar-refractivity contribution in [3.8, 4) is 0 Å². The predicted molar refractivity (Wildman–Crippen MR) is 64.2 cm³/mol. The molecule has 0 saturated heterocycles. The van der Waals surface area contributed by atoms with Crippen molar-refractivity contribution in [2.24, 2.45) is 11.1 Å². The molecule has 0 aliphatic heterocycles. The van der Waals surface area contributed by atoms with Crippen LogP contribution in [0, 0.1) is 5.41 Å². The van der Waals surface area contributed by atoms with Gasteiger partial charge in [-0.05, 0) is 40.2 Å². The molecule has 0 heterocycles. The van der Waals surface area contributed by atoms with E-state index in [-0.39, 0.29) is 11.5 Å². The van der Waals surface area contributed by atoms with E-state index in [9.17, 15) is 4.79 Å². The lowest BCUT2D eigenvalue weighted by Gasteiger charge is -2.28. The fourth-order valence-corrected chi connectivity index (χ4v) is 2.15. The molecule has 0 radical (unpaired) electrons. The van der Waals surface area contributed by atoms with Gasteiger partial charge in [-0.2, -0.15) is 0 Å². The minimum Gasteiger partial charge on any atom is -0.444 e. The van der Waals surface area contributed by atoms with E-state index in [2.05, 4.69) is 5.32 Å². The lowest BCUT2D eigenvalue weighted by Crippen LogP contribution is -2.42. The van der Waals surface area contributed by atoms with Gasteiger partial charge in [-0.15, -0.1) is 0 Å². The largest absolute Gasteiger partial charge is 0.444 e. The Morgan fingerprint density at radius 1 is 1.38 bits per heavy atom. The second-order valence-electron chi connectivity index (χ2n) is 5.77. The first kappa shape index (κ1) is 13.3. The zero-order chi connectivity index (χ0) is 12.2. The highest BCUT2D eigenvalue weighted by Gasteiger charge is 2.33. The number of hydrogen-bond donors (Lipinski definition) is 2. The van der Waals surface area contributed by atoms with Gasteiger partial charge >= 0.3 is 6.09 Å². The molecule has 1 saturated carbocycles. The lowest BCUT2D eigenvalue weighted by molar-refractivity contribution is 0.0502. The van der Waals surface area contributed by atoms with Gasteiger partial charge in [0.25, 0.3) is 0 Å². The van der Waals surface area contributed by atoms with Gasteiger partial charge in [-0.3, -0.25) is 0 Å². The number of carbonyl (C=O) groups is 1. The second kappa shape index (κ2) is 5.04. The van der Waals surface area contributed by atoms with Crippen LogP contribution in [0.4, 0.5) is 4.79 Å². The molecule has 0 aromatic heterocycles. The molecule has 1 rings (SSSR count). The molecular weight excluding hydrogens is 204 g/mol. The summed E-state index contributed by atoms with van der Waals surface area (Å²) in [5, 5.41) is 2.83. The van der Waals surface area contributed by atoms with Crippen LogP contribution in [-0.4, -0.2) is 24.8 Å². The van der Waals surface area contributed by atoms with Crippen LogP contribution < -0.4 is 11.1 Å². The molecule has 0 unspecified atom stereocenters. The van der Waals surface area contributed by atoms with Crippen molar-refractivity contribution in [2.45, 2.75) is 52.1 Å². The van der Waals surface area contributed by atoms with Crippen LogP contribution in [0.1, 0.15) is 46.5 Å². The number of rotatable bonds is 3. The molecule has 4 nitrogen and oxygen atoms in total. The van der Waals surface area contributed by atoms with Gasteiger partial charge in [-0.1, -0.05) is 12.8 Å². The maximum atomic E-state index is 11.5. The van der Waals surface area contributed by atoms with E-state index in [1.54, 1.807) is 0 Å². The summed E-state index contributed by atoms with van der Waals surface area (Å²) >= 11 is 0. The van der Waals surface area contributed by atoms with Crippen LogP contribution in [0.15, 0.2) is 0 Å². The summed E-state index contributed by atoms with van der Waals surface area (Å²) in [4.78, 5) is 11.5. The Morgan fingerprint density at radius 2 is 1.94 bits per heavy atom. The molecule has 0 aromatic rings. The monoisotopic (exact) mass is 228 g/mol. The summed E-state index contributed by atoms with van der Waals surface area (Å²) in [5.74, 6) is 0. The Bertz CT molecular complexity index is 240. The van der Waals surface area contributed by atoms with Crippen molar-refractivity contribution in [1.82, 2.24) is 5.32 Å². The van der Waals surface area contributed by atoms with Gasteiger partial charge in [0.15, 0.2) is 0 Å². The Balaban J connectivity index is 2.35. The molecule has 0 bridgehead atoms. The van der Waals surface area contributed by atoms with Crippen LogP contribution >= 0.6 is 0 Å².